The molecule has 10 aromatic carbocycles. The van der Waals surface area contributed by atoms with Gasteiger partial charge in [-0.05, 0) is 0 Å². The fourth-order valence-electron chi connectivity index (χ4n) is 11.3. The van der Waals surface area contributed by atoms with Gasteiger partial charge in [0, 0.05) is 0 Å². The summed E-state index contributed by atoms with van der Waals surface area (Å²) in [5.74, 6) is 0.956. The number of para-hydroxylation sites is 4. The Morgan fingerprint density at radius 1 is 0.261 bits per heavy atom. The zero-order chi connectivity index (χ0) is 45.8. The average Bonchev–Trinajstić information content (AvgIpc) is 3.94. The first kappa shape index (κ1) is 41.2. The third-order valence-corrected chi connectivity index (χ3v) is 34.6. The molecule has 13 rings (SSSR count). The zero-order valence-corrected chi connectivity index (χ0v) is 41.8. The van der Waals surface area contributed by atoms with Gasteiger partial charge < -0.3 is 0 Å². The second kappa shape index (κ2) is 17.0. The van der Waals surface area contributed by atoms with E-state index in [4.69, 9.17) is 4.42 Å². The molecule has 0 atom stereocenters. The number of aromatic nitrogens is 2. The maximum absolute atomic E-state index is 6.47. The molecule has 3 heterocycles. The molecule has 0 N–H and O–H groups in total. The molecule has 7 heteroatoms. The van der Waals surface area contributed by atoms with Gasteiger partial charge in [0.15, 0.2) is 0 Å². The summed E-state index contributed by atoms with van der Waals surface area (Å²) in [5, 5.41) is 9.16. The Balaban J connectivity index is 0.837. The van der Waals surface area contributed by atoms with Crippen molar-refractivity contribution in [2.45, 2.75) is 0 Å². The van der Waals surface area contributed by atoms with Crippen LogP contribution < -0.4 is 45.0 Å². The minimum atomic E-state index is -3.46. The van der Waals surface area contributed by atoms with Gasteiger partial charge in [-0.25, -0.2) is 0 Å². The van der Waals surface area contributed by atoms with Crippen molar-refractivity contribution >= 4 is 95.8 Å². The van der Waals surface area contributed by atoms with Gasteiger partial charge in [-0.3, -0.25) is 0 Å². The molecule has 0 saturated carbocycles. The predicted octanol–water partition coefficient (Wildman–Crippen LogP) is 9.72. The van der Waals surface area contributed by atoms with Gasteiger partial charge in [-0.1, -0.05) is 0 Å². The van der Waals surface area contributed by atoms with Crippen molar-refractivity contribution in [3.05, 3.63) is 267 Å². The molecule has 2 aliphatic rings. The van der Waals surface area contributed by atoms with Crippen LogP contribution in [-0.2, 0) is 0 Å². The Hall–Kier alpha value is -7.97. The molecule has 326 valence electrons. The number of hydrogen-bond donors (Lipinski definition) is 0. The van der Waals surface area contributed by atoms with Crippen LogP contribution in [0.15, 0.2) is 271 Å². The molecule has 0 radical (unpaired) electrons. The van der Waals surface area contributed by atoms with Gasteiger partial charge in [-0.2, -0.15) is 0 Å². The molecule has 0 spiro atoms. The predicted molar refractivity (Wildman–Crippen MR) is 289 cm³/mol. The number of benzene rings is 10. The van der Waals surface area contributed by atoms with Gasteiger partial charge in [0.2, 0.25) is 0 Å². The van der Waals surface area contributed by atoms with Crippen LogP contribution in [-0.4, -0.2) is 36.7 Å². The zero-order valence-electron chi connectivity index (χ0n) is 37.6. The normalized spacial score (nSPS) is 14.0. The summed E-state index contributed by atoms with van der Waals surface area (Å²) >= 11 is -6.91. The molecule has 0 bridgehead atoms. The van der Waals surface area contributed by atoms with Crippen LogP contribution in [0.2, 0.25) is 0 Å². The van der Waals surface area contributed by atoms with Crippen LogP contribution in [0, 0.1) is 0 Å². The van der Waals surface area contributed by atoms with Crippen LogP contribution in [0.4, 0.5) is 34.1 Å². The first-order valence-corrected chi connectivity index (χ1v) is 31.9. The molecule has 69 heavy (non-hydrogen) atoms. The quantitative estimate of drug-likeness (QED) is 0.142. The Morgan fingerprint density at radius 3 is 0.783 bits per heavy atom. The van der Waals surface area contributed by atoms with Crippen molar-refractivity contribution in [3.63, 3.8) is 0 Å². The first-order chi connectivity index (χ1) is 34.2. The Kier molecular flexibility index (Phi) is 10.1. The fourth-order valence-corrected chi connectivity index (χ4v) is 32.8. The van der Waals surface area contributed by atoms with Gasteiger partial charge in [-0.15, -0.1) is 0 Å². The minimum absolute atomic E-state index is 0.478. The van der Waals surface area contributed by atoms with Crippen molar-refractivity contribution in [3.8, 4) is 22.9 Å². The van der Waals surface area contributed by atoms with Crippen LogP contribution in [0.3, 0.4) is 0 Å². The SMILES string of the molecule is c1cc[c]([Ge]2([c]3ccccc3)[c]3ccccc3N(c3ccc(-c4nnc(-c5ccc(N6c7cccc[c]7[Ge]([c]7ccccc7)([c]7ccccc7)[c]7ccccc76)cc5)o4)cc3)c3cccc[c]32)cc1. The van der Waals surface area contributed by atoms with Crippen LogP contribution >= 0.6 is 0 Å². The molecule has 0 fully saturated rings. The summed E-state index contributed by atoms with van der Waals surface area (Å²) in [7, 11) is 0. The van der Waals surface area contributed by atoms with Gasteiger partial charge >= 0.3 is 410 Å². The summed E-state index contributed by atoms with van der Waals surface area (Å²) in [6.45, 7) is 0. The molecule has 0 aliphatic carbocycles. The van der Waals surface area contributed by atoms with Crippen molar-refractivity contribution in [1.82, 2.24) is 10.2 Å². The fraction of sp³-hybridized carbons (Fsp3) is 0. The number of rotatable bonds is 8. The van der Waals surface area contributed by atoms with Crippen molar-refractivity contribution in [2.75, 3.05) is 9.80 Å². The summed E-state index contributed by atoms with van der Waals surface area (Å²) in [5.41, 5.74) is 8.72. The van der Waals surface area contributed by atoms with E-state index in [1.807, 2.05) is 0 Å². The molecular formula is C62H44Ge2N4O. The third kappa shape index (κ3) is 6.45. The second-order valence-corrected chi connectivity index (χ2v) is 33.4. The first-order valence-electron chi connectivity index (χ1n) is 23.5. The van der Waals surface area contributed by atoms with Gasteiger partial charge in [0.05, 0.1) is 0 Å². The summed E-state index contributed by atoms with van der Waals surface area (Å²) in [6, 6.07) is 98.0. The molecule has 0 unspecified atom stereocenters. The van der Waals surface area contributed by atoms with E-state index < -0.39 is 26.5 Å². The van der Waals surface area contributed by atoms with E-state index in [1.165, 1.54) is 57.9 Å². The number of fused-ring (bicyclic) bond motifs is 4. The number of nitrogens with zero attached hydrogens (tertiary/aromatic N) is 4. The molecule has 11 aromatic rings. The third-order valence-electron chi connectivity index (χ3n) is 14.2. The summed E-state index contributed by atoms with van der Waals surface area (Å²) < 4.78 is 17.8. The molecular weight excluding hydrogens is 962 g/mol. The number of hydrogen-bond acceptors (Lipinski definition) is 5. The molecule has 5 nitrogen and oxygen atoms in total. The van der Waals surface area contributed by atoms with Crippen molar-refractivity contribution < 1.29 is 4.42 Å². The Bertz CT molecular complexity index is 3210. The molecule has 0 amide bonds. The standard InChI is InChI=1S/C62H44Ge2N4O/c1-5-21-47(22-6-1)63(48-23-7-2-8-24-48)53-29-13-17-33-57(53)67(58-34-18-14-30-54(58)63)51-41-37-45(38-42-51)61-65-66-62(69-61)46-39-43-52(44-40-46)68-59-35-19-15-31-55(59)64(49-25-9-3-10-26-49,50-27-11-4-12-28-50)56-32-16-20-36-60(56)68/h1-44H. The second-order valence-electron chi connectivity index (χ2n) is 17.7. The van der Waals surface area contributed by atoms with Crippen molar-refractivity contribution in [2.24, 2.45) is 0 Å². The van der Waals surface area contributed by atoms with E-state index in [1.54, 1.807) is 0 Å². The van der Waals surface area contributed by atoms with E-state index in [0.29, 0.717) is 11.8 Å². The van der Waals surface area contributed by atoms with Crippen LogP contribution in [0.25, 0.3) is 22.9 Å². The van der Waals surface area contributed by atoms with E-state index >= 15 is 0 Å². The summed E-state index contributed by atoms with van der Waals surface area (Å²) in [4.78, 5) is 4.85. The molecule has 2 aliphatic heterocycles. The monoisotopic (exact) mass is 1010 g/mol. The average molecular weight is 1010 g/mol. The van der Waals surface area contributed by atoms with E-state index in [9.17, 15) is 0 Å². The van der Waals surface area contributed by atoms with E-state index in [0.717, 1.165) is 22.5 Å². The van der Waals surface area contributed by atoms with E-state index in [2.05, 4.69) is 287 Å². The number of anilines is 6. The van der Waals surface area contributed by atoms with Gasteiger partial charge in [0.1, 0.15) is 0 Å². The van der Waals surface area contributed by atoms with Crippen molar-refractivity contribution in [1.29, 1.82) is 0 Å². The summed E-state index contributed by atoms with van der Waals surface area (Å²) in [6.07, 6.45) is 0. The Morgan fingerprint density at radius 2 is 0.507 bits per heavy atom. The maximum atomic E-state index is 6.47. The van der Waals surface area contributed by atoms with Gasteiger partial charge in [0.25, 0.3) is 0 Å². The van der Waals surface area contributed by atoms with Crippen LogP contribution in [0.1, 0.15) is 0 Å². The topological polar surface area (TPSA) is 45.4 Å². The van der Waals surface area contributed by atoms with E-state index in [-0.39, 0.29) is 0 Å². The molecule has 1 aromatic heterocycles. The molecule has 0 saturated heterocycles. The Labute approximate surface area is 407 Å². The van der Waals surface area contributed by atoms with Crippen LogP contribution in [0.5, 0.6) is 0 Å².